The first-order chi connectivity index (χ1) is 14.9. The summed E-state index contributed by atoms with van der Waals surface area (Å²) in [5.74, 6) is 0.504. The second-order valence-corrected chi connectivity index (χ2v) is 7.34. The largest absolute Gasteiger partial charge is 0.483 e. The Labute approximate surface area is 180 Å². The van der Waals surface area contributed by atoms with Gasteiger partial charge >= 0.3 is 0 Å². The van der Waals surface area contributed by atoms with E-state index in [0.29, 0.717) is 24.6 Å². The van der Waals surface area contributed by atoms with E-state index in [1.165, 1.54) is 0 Å². The third-order valence-corrected chi connectivity index (χ3v) is 4.86. The monoisotopic (exact) mass is 432 g/mol. The van der Waals surface area contributed by atoms with Gasteiger partial charge in [0.25, 0.3) is 6.47 Å². The van der Waals surface area contributed by atoms with Gasteiger partial charge in [0.05, 0.1) is 0 Å². The Hall–Kier alpha value is -3.27. The molecule has 1 fully saturated rings. The van der Waals surface area contributed by atoms with Gasteiger partial charge < -0.3 is 25.4 Å². The quantitative estimate of drug-likeness (QED) is 0.476. The Bertz CT molecular complexity index is 869. The Morgan fingerprint density at radius 2 is 1.90 bits per heavy atom. The third kappa shape index (κ3) is 8.17. The van der Waals surface area contributed by atoms with Crippen molar-refractivity contribution in [1.82, 2.24) is 20.8 Å². The first-order valence-electron chi connectivity index (χ1n) is 10.1. The molecule has 2 atom stereocenters. The SMILES string of the molecule is Cc1cccc(-c2noc(CCC(=O)N[C@@H]3CCC[C@H](NC(=O)CO)C3)n2)c1.O=CO. The summed E-state index contributed by atoms with van der Waals surface area (Å²) < 4.78 is 5.26. The van der Waals surface area contributed by atoms with Crippen molar-refractivity contribution < 1.29 is 29.1 Å². The van der Waals surface area contributed by atoms with Crippen molar-refractivity contribution >= 4 is 18.3 Å². The molecule has 0 aliphatic heterocycles. The van der Waals surface area contributed by atoms with Gasteiger partial charge in [-0.2, -0.15) is 4.98 Å². The van der Waals surface area contributed by atoms with Crippen molar-refractivity contribution in [3.63, 3.8) is 0 Å². The summed E-state index contributed by atoms with van der Waals surface area (Å²) in [5, 5.41) is 25.5. The van der Waals surface area contributed by atoms with Crippen LogP contribution in [0, 0.1) is 6.92 Å². The summed E-state index contributed by atoms with van der Waals surface area (Å²) in [6, 6.07) is 7.86. The van der Waals surface area contributed by atoms with Gasteiger partial charge in [-0.15, -0.1) is 0 Å². The van der Waals surface area contributed by atoms with Crippen molar-refractivity contribution in [3.05, 3.63) is 35.7 Å². The number of aromatic nitrogens is 2. The summed E-state index contributed by atoms with van der Waals surface area (Å²) in [7, 11) is 0. The molecule has 2 aromatic rings. The molecule has 0 spiro atoms. The van der Waals surface area contributed by atoms with Crippen molar-refractivity contribution in [2.75, 3.05) is 6.61 Å². The van der Waals surface area contributed by atoms with Crippen LogP contribution in [0.2, 0.25) is 0 Å². The fraction of sp³-hybridized carbons (Fsp3) is 0.476. The number of rotatable bonds is 7. The van der Waals surface area contributed by atoms with E-state index in [-0.39, 0.29) is 36.8 Å². The number of nitrogens with zero attached hydrogens (tertiary/aromatic N) is 2. The number of carbonyl (C=O) groups excluding carboxylic acids is 2. The molecule has 168 valence electrons. The molecule has 0 bridgehead atoms. The van der Waals surface area contributed by atoms with Gasteiger partial charge in [-0.1, -0.05) is 28.9 Å². The molecule has 31 heavy (non-hydrogen) atoms. The minimum atomic E-state index is -0.512. The molecule has 3 rings (SSSR count). The molecule has 1 aromatic heterocycles. The number of hydrogen-bond acceptors (Lipinski definition) is 7. The Balaban J connectivity index is 0.00000107. The van der Waals surface area contributed by atoms with Crippen molar-refractivity contribution in [2.45, 2.75) is 57.5 Å². The fourth-order valence-corrected chi connectivity index (χ4v) is 3.50. The second-order valence-electron chi connectivity index (χ2n) is 7.34. The summed E-state index contributed by atoms with van der Waals surface area (Å²) in [4.78, 5) is 36.3. The average molecular weight is 432 g/mol. The lowest BCUT2D eigenvalue weighted by Crippen LogP contribution is -2.46. The highest BCUT2D eigenvalue weighted by Crippen LogP contribution is 2.19. The number of carboxylic acid groups (broad SMARTS) is 1. The van der Waals surface area contributed by atoms with Crippen LogP contribution < -0.4 is 10.6 Å². The number of aliphatic hydroxyl groups is 1. The van der Waals surface area contributed by atoms with E-state index < -0.39 is 6.61 Å². The highest BCUT2D eigenvalue weighted by atomic mass is 16.5. The minimum absolute atomic E-state index is 0.00784. The number of carbonyl (C=O) groups is 3. The smallest absolute Gasteiger partial charge is 0.290 e. The Kier molecular flexibility index (Phi) is 9.63. The topological polar surface area (TPSA) is 155 Å². The molecule has 10 heteroatoms. The molecule has 1 heterocycles. The van der Waals surface area contributed by atoms with Crippen molar-refractivity contribution in [3.8, 4) is 11.4 Å². The van der Waals surface area contributed by atoms with Gasteiger partial charge in [-0.05, 0) is 38.7 Å². The Morgan fingerprint density at radius 3 is 2.55 bits per heavy atom. The van der Waals surface area contributed by atoms with Gasteiger partial charge in [0.2, 0.25) is 23.5 Å². The van der Waals surface area contributed by atoms with Gasteiger partial charge in [-0.25, -0.2) is 0 Å². The zero-order valence-corrected chi connectivity index (χ0v) is 17.4. The maximum Gasteiger partial charge on any atom is 0.290 e. The summed E-state index contributed by atoms with van der Waals surface area (Å²) in [6.45, 7) is 1.24. The standard InChI is InChI=1S/C20H26N4O4.CH2O2/c1-13-4-2-5-14(10-13)20-23-19(28-24-20)9-8-17(26)21-15-6-3-7-16(11-15)22-18(27)12-25;2-1-3/h2,4-5,10,15-16,25H,3,6-9,11-12H2,1H3,(H,21,26)(H,22,27);1H,(H,2,3)/t15-,16+;/m1./s1. The molecule has 1 aliphatic rings. The molecular formula is C21H28N4O6. The third-order valence-electron chi connectivity index (χ3n) is 4.86. The van der Waals surface area contributed by atoms with Gasteiger partial charge in [0, 0.05) is 30.5 Å². The van der Waals surface area contributed by atoms with Crippen LogP contribution in [-0.4, -0.2) is 57.3 Å². The second kappa shape index (κ2) is 12.4. The molecule has 4 N–H and O–H groups in total. The van der Waals surface area contributed by atoms with Crippen molar-refractivity contribution in [2.24, 2.45) is 0 Å². The van der Waals surface area contributed by atoms with E-state index >= 15 is 0 Å². The first-order valence-corrected chi connectivity index (χ1v) is 10.1. The van der Waals surface area contributed by atoms with E-state index in [4.69, 9.17) is 19.5 Å². The highest BCUT2D eigenvalue weighted by molar-refractivity contribution is 5.77. The van der Waals surface area contributed by atoms with Crippen LogP contribution in [0.25, 0.3) is 11.4 Å². The number of nitrogens with one attached hydrogen (secondary N) is 2. The summed E-state index contributed by atoms with van der Waals surface area (Å²) >= 11 is 0. The molecule has 1 aromatic carbocycles. The zero-order valence-electron chi connectivity index (χ0n) is 17.4. The van der Waals surface area contributed by atoms with Crippen LogP contribution in [0.15, 0.2) is 28.8 Å². The van der Waals surface area contributed by atoms with E-state index in [1.807, 2.05) is 31.2 Å². The molecule has 1 aliphatic carbocycles. The zero-order chi connectivity index (χ0) is 22.6. The number of amides is 2. The molecule has 1 saturated carbocycles. The maximum atomic E-state index is 12.3. The van der Waals surface area contributed by atoms with Crippen molar-refractivity contribution in [1.29, 1.82) is 0 Å². The van der Waals surface area contributed by atoms with E-state index in [1.54, 1.807) is 0 Å². The average Bonchev–Trinajstić information content (AvgIpc) is 3.22. The number of hydrogen-bond donors (Lipinski definition) is 4. The van der Waals surface area contributed by atoms with Gasteiger partial charge in [0.1, 0.15) is 6.61 Å². The van der Waals surface area contributed by atoms with Gasteiger partial charge in [0.15, 0.2) is 0 Å². The normalized spacial score (nSPS) is 17.7. The molecule has 2 amide bonds. The van der Waals surface area contributed by atoms with Crippen LogP contribution in [0.5, 0.6) is 0 Å². The summed E-state index contributed by atoms with van der Waals surface area (Å²) in [6.07, 6.45) is 3.99. The maximum absolute atomic E-state index is 12.3. The molecule has 0 saturated heterocycles. The lowest BCUT2D eigenvalue weighted by atomic mass is 9.91. The van der Waals surface area contributed by atoms with E-state index in [0.717, 1.165) is 30.4 Å². The van der Waals surface area contributed by atoms with Crippen LogP contribution >= 0.6 is 0 Å². The lowest BCUT2D eigenvalue weighted by molar-refractivity contribution is -0.125. The number of benzene rings is 1. The predicted molar refractivity (Wildman–Crippen MR) is 111 cm³/mol. The summed E-state index contributed by atoms with van der Waals surface area (Å²) in [5.41, 5.74) is 2.00. The van der Waals surface area contributed by atoms with Crippen LogP contribution in [0.3, 0.4) is 0 Å². The lowest BCUT2D eigenvalue weighted by Gasteiger charge is -2.30. The number of aliphatic hydroxyl groups excluding tert-OH is 1. The van der Waals surface area contributed by atoms with Crippen LogP contribution in [-0.2, 0) is 20.8 Å². The molecule has 0 radical (unpaired) electrons. The Morgan fingerprint density at radius 1 is 1.23 bits per heavy atom. The van der Waals surface area contributed by atoms with E-state index in [9.17, 15) is 9.59 Å². The van der Waals surface area contributed by atoms with Crippen LogP contribution in [0.1, 0.15) is 43.6 Å². The fourth-order valence-electron chi connectivity index (χ4n) is 3.50. The molecular weight excluding hydrogens is 404 g/mol. The van der Waals surface area contributed by atoms with E-state index in [2.05, 4.69) is 20.8 Å². The van der Waals surface area contributed by atoms with Crippen LogP contribution in [0.4, 0.5) is 0 Å². The molecule has 10 nitrogen and oxygen atoms in total. The predicted octanol–water partition coefficient (Wildman–Crippen LogP) is 1.21. The van der Waals surface area contributed by atoms with Gasteiger partial charge in [-0.3, -0.25) is 14.4 Å². The first kappa shape index (κ1) is 24.0. The minimum Gasteiger partial charge on any atom is -0.483 e. The molecule has 0 unspecified atom stereocenters. The number of aryl methyl sites for hydroxylation is 2. The highest BCUT2D eigenvalue weighted by Gasteiger charge is 2.24.